The quantitative estimate of drug-likeness (QED) is 0.110. The Balaban J connectivity index is 0.000000116. The van der Waals surface area contributed by atoms with E-state index < -0.39 is 0 Å². The van der Waals surface area contributed by atoms with Crippen molar-refractivity contribution < 1.29 is 0 Å². The molecule has 0 bridgehead atoms. The number of hydrogen-bond acceptors (Lipinski definition) is 6. The minimum atomic E-state index is 0.506. The van der Waals surface area contributed by atoms with Crippen LogP contribution in [0.25, 0.3) is 246 Å². The Bertz CT molecular complexity index is 10600. The van der Waals surface area contributed by atoms with Crippen LogP contribution in [0.2, 0.25) is 0 Å². The summed E-state index contributed by atoms with van der Waals surface area (Å²) < 4.78 is 13.2. The van der Waals surface area contributed by atoms with E-state index in [1.54, 1.807) is 36.4 Å². The number of fused-ring (bicyclic) bond motifs is 18. The summed E-state index contributed by atoms with van der Waals surface area (Å²) >= 11 is 0. The van der Waals surface area contributed by atoms with E-state index in [-0.39, 0.29) is 0 Å². The van der Waals surface area contributed by atoms with Crippen molar-refractivity contribution in [3.8, 4) is 137 Å². The van der Waals surface area contributed by atoms with Crippen molar-refractivity contribution in [3.05, 3.63) is 523 Å². The van der Waals surface area contributed by atoms with Crippen molar-refractivity contribution in [2.75, 3.05) is 0 Å². The van der Waals surface area contributed by atoms with E-state index in [4.69, 9.17) is 19.7 Å². The number of benzene rings is 21. The van der Waals surface area contributed by atoms with Gasteiger partial charge in [0.25, 0.3) is 0 Å². The molecule has 150 heavy (non-hydrogen) atoms. The molecule has 0 aliphatic carbocycles. The summed E-state index contributed by atoms with van der Waals surface area (Å²) in [5, 5.41) is 73.4. The minimum absolute atomic E-state index is 0.506. The van der Waals surface area contributed by atoms with Crippen molar-refractivity contribution in [2.45, 2.75) is 0 Å². The van der Waals surface area contributed by atoms with Gasteiger partial charge in [0.05, 0.1) is 167 Å². The number of nitrogens with zero attached hydrogens (tertiary/aromatic N) is 15. The molecule has 0 aliphatic rings. The topological polar surface area (TPSA) is 185 Å². The van der Waals surface area contributed by atoms with Gasteiger partial charge in [0.15, 0.2) is 11.4 Å². The molecule has 0 fully saturated rings. The van der Waals surface area contributed by atoms with Crippen LogP contribution in [-0.2, 0) is 0 Å². The van der Waals surface area contributed by atoms with Crippen LogP contribution in [0, 0.1) is 87.7 Å². The van der Waals surface area contributed by atoms with Gasteiger partial charge in [-0.1, -0.05) is 291 Å². The van der Waals surface area contributed by atoms with Crippen molar-refractivity contribution in [3.63, 3.8) is 0 Å². The van der Waals surface area contributed by atoms with Crippen molar-refractivity contribution in [1.82, 2.24) is 27.4 Å². The Hall–Kier alpha value is -22.2. The zero-order chi connectivity index (χ0) is 101. The number of hydrogen-bond donors (Lipinski definition) is 0. The molecule has 6 aromatic heterocycles. The van der Waals surface area contributed by atoms with Crippen LogP contribution < -0.4 is 0 Å². The van der Waals surface area contributed by atoms with Gasteiger partial charge in [-0.3, -0.25) is 0 Å². The first kappa shape index (κ1) is 89.2. The molecule has 0 N–H and O–H groups in total. The van der Waals surface area contributed by atoms with Gasteiger partial charge in [0.1, 0.15) is 0 Å². The second-order valence-corrected chi connectivity index (χ2v) is 36.8. The molecule has 0 radical (unpaired) electrons. The Morgan fingerprint density at radius 3 is 0.773 bits per heavy atom. The standard InChI is InChI=1S/3C45H25N5/c1-48-40-17-10-16-38-39-25-29(27-46)21-24-44(39)49(45(38)40)31-22-23-32(30(26-31)28-47)33-11-2-3-12-34(33)35-13-4-7-18-41(35)50-42-19-8-5-14-36(42)37-15-6-9-20-43(37)50;1-48-31-19-23-45-40(26-31)39-24-29(27-46)18-22-44(39)49(45)32-20-21-33(30(25-32)28-47)34-10-2-3-11-35(34)36-12-4-7-15-41(36)50-42-16-8-5-13-37(42)38-14-6-9-17-43(38)50;1-48-31-19-21-39-40-24-29(27-46)18-23-44(40)49(45(39)26-31)32-20-22-33(30(25-32)28-47)34-10-2-3-11-35(34)36-12-4-7-15-41(36)50-42-16-8-5-13-37(42)38-14-6-9-17-43(38)50/h3*2-26H. The molecular formula is C135H75N15. The van der Waals surface area contributed by atoms with Gasteiger partial charge in [-0.2, -0.15) is 31.6 Å². The van der Waals surface area contributed by atoms with Crippen molar-refractivity contribution in [1.29, 1.82) is 31.6 Å². The average Bonchev–Trinajstić information content (AvgIpc) is 1.62. The fourth-order valence-corrected chi connectivity index (χ4v) is 22.4. The summed E-state index contributed by atoms with van der Waals surface area (Å²) in [4.78, 5) is 11.2. The van der Waals surface area contributed by atoms with Gasteiger partial charge in [-0.05, 0) is 208 Å². The molecule has 15 nitrogen and oxygen atoms in total. The smallest absolute Gasteiger partial charge is 0.211 e. The van der Waals surface area contributed by atoms with Crippen LogP contribution in [-0.4, -0.2) is 27.4 Å². The monoisotopic (exact) mass is 1910 g/mol. The lowest BCUT2D eigenvalue weighted by Gasteiger charge is -2.18. The molecule has 0 saturated carbocycles. The molecule has 15 heteroatoms. The Morgan fingerprint density at radius 2 is 0.427 bits per heavy atom. The maximum absolute atomic E-state index is 10.7. The number of nitriles is 6. The largest absolute Gasteiger partial charge is 0.319 e. The molecule has 6 heterocycles. The van der Waals surface area contributed by atoms with Gasteiger partial charge >= 0.3 is 0 Å². The zero-order valence-corrected chi connectivity index (χ0v) is 80.0. The Labute approximate surface area is 860 Å². The highest BCUT2D eigenvalue weighted by Gasteiger charge is 2.28. The Kier molecular flexibility index (Phi) is 22.0. The first-order valence-electron chi connectivity index (χ1n) is 48.8. The second-order valence-electron chi connectivity index (χ2n) is 36.8. The van der Waals surface area contributed by atoms with E-state index in [2.05, 4.69) is 329 Å². The fraction of sp³-hybridized carbons (Fsp3) is 0. The summed E-state index contributed by atoms with van der Waals surface area (Å²) in [6.45, 7) is 23.1. The first-order chi connectivity index (χ1) is 74.0. The van der Waals surface area contributed by atoms with E-state index in [1.165, 1.54) is 32.3 Å². The summed E-state index contributed by atoms with van der Waals surface area (Å²) in [5.41, 5.74) is 34.0. The van der Waals surface area contributed by atoms with Gasteiger partial charge in [0.2, 0.25) is 5.69 Å². The maximum Gasteiger partial charge on any atom is 0.211 e. The second kappa shape index (κ2) is 37.0. The first-order valence-corrected chi connectivity index (χ1v) is 48.8. The number of para-hydroxylation sites is 10. The average molecular weight is 1910 g/mol. The van der Waals surface area contributed by atoms with E-state index in [0.29, 0.717) is 50.4 Å². The van der Waals surface area contributed by atoms with Gasteiger partial charge < -0.3 is 27.4 Å². The molecule has 0 amide bonds. The molecule has 27 rings (SSSR count). The van der Waals surface area contributed by atoms with Crippen molar-refractivity contribution in [2.24, 2.45) is 0 Å². The minimum Gasteiger partial charge on any atom is -0.319 e. The number of aromatic nitrogens is 6. The van der Waals surface area contributed by atoms with Crippen LogP contribution in [0.3, 0.4) is 0 Å². The molecule has 0 saturated heterocycles. The lowest BCUT2D eigenvalue weighted by atomic mass is 9.91. The molecule has 0 atom stereocenters. The Morgan fingerprint density at radius 1 is 0.167 bits per heavy atom. The van der Waals surface area contributed by atoms with E-state index in [0.717, 1.165) is 199 Å². The van der Waals surface area contributed by atoms with Crippen LogP contribution in [0.5, 0.6) is 0 Å². The highest BCUT2D eigenvalue weighted by atomic mass is 15.0. The van der Waals surface area contributed by atoms with E-state index >= 15 is 0 Å². The van der Waals surface area contributed by atoms with Crippen LogP contribution in [0.4, 0.5) is 17.1 Å². The van der Waals surface area contributed by atoms with Crippen LogP contribution in [0.15, 0.2) is 455 Å². The van der Waals surface area contributed by atoms with Crippen LogP contribution in [0.1, 0.15) is 33.4 Å². The summed E-state index contributed by atoms with van der Waals surface area (Å²) in [6, 6.07) is 167. The lowest BCUT2D eigenvalue weighted by molar-refractivity contribution is 1.18. The third kappa shape index (κ3) is 14.7. The summed E-state index contributed by atoms with van der Waals surface area (Å²) in [7, 11) is 0. The zero-order valence-electron chi connectivity index (χ0n) is 80.0. The molecule has 0 aliphatic heterocycles. The third-order valence-electron chi connectivity index (χ3n) is 28.9. The normalized spacial score (nSPS) is 11.1. The molecule has 0 unspecified atom stereocenters. The highest BCUT2D eigenvalue weighted by molar-refractivity contribution is 6.18. The lowest BCUT2D eigenvalue weighted by Crippen LogP contribution is -1.99. The van der Waals surface area contributed by atoms with E-state index in [9.17, 15) is 31.6 Å². The third-order valence-corrected chi connectivity index (χ3v) is 28.9. The van der Waals surface area contributed by atoms with Gasteiger partial charge in [0, 0.05) is 110 Å². The maximum atomic E-state index is 10.7. The van der Waals surface area contributed by atoms with Gasteiger partial charge in [-0.15, -0.1) is 0 Å². The summed E-state index contributed by atoms with van der Waals surface area (Å²) in [6.07, 6.45) is 0. The number of rotatable bonds is 12. The molecule has 21 aromatic carbocycles. The summed E-state index contributed by atoms with van der Waals surface area (Å²) in [5.74, 6) is 0. The van der Waals surface area contributed by atoms with Gasteiger partial charge in [-0.25, -0.2) is 14.5 Å². The molecule has 27 aromatic rings. The SMILES string of the molecule is [C-]#[N+]c1ccc2c(c1)c1cc(C#N)ccc1n2-c1ccc(-c2ccccc2-c2ccccc2-n2c3ccccc3c3ccccc32)c(C#N)c1.[C-]#[N+]c1ccc2c3cc(C#N)ccc3n(-c3ccc(-c4ccccc4-c4ccccc4-n4c5ccccc5c5ccccc54)c(C#N)c3)c2c1.[C-]#[N+]c1cccc2c3cc(C#N)ccc3n(-c3ccc(-c4ccccc4-c4ccccc4-n4c5ccccc5c5ccccc54)c(C#N)c3)c12. The predicted molar refractivity (Wildman–Crippen MR) is 605 cm³/mol. The highest BCUT2D eigenvalue weighted by Crippen LogP contribution is 2.49. The fourth-order valence-electron chi connectivity index (χ4n) is 22.4. The van der Waals surface area contributed by atoms with E-state index in [1.807, 2.05) is 168 Å². The predicted octanol–water partition coefficient (Wildman–Crippen LogP) is 34.5. The molecule has 690 valence electrons. The van der Waals surface area contributed by atoms with Crippen LogP contribution >= 0.6 is 0 Å². The van der Waals surface area contributed by atoms with Crippen molar-refractivity contribution >= 4 is 148 Å². The molecular weight excluding hydrogens is 1830 g/mol. The molecule has 0 spiro atoms.